The maximum atomic E-state index is 12.3. The summed E-state index contributed by atoms with van der Waals surface area (Å²) in [5.74, 6) is -0.937. The summed E-state index contributed by atoms with van der Waals surface area (Å²) >= 11 is 0. The van der Waals surface area contributed by atoms with Gasteiger partial charge in [-0.1, -0.05) is 30.3 Å². The molecule has 0 spiro atoms. The number of aromatic hydroxyl groups is 1. The molecule has 2 aromatic carbocycles. The summed E-state index contributed by atoms with van der Waals surface area (Å²) in [6.45, 7) is 0. The van der Waals surface area contributed by atoms with Gasteiger partial charge in [0.1, 0.15) is 0 Å². The van der Waals surface area contributed by atoms with Gasteiger partial charge in [-0.3, -0.25) is 0 Å². The Kier molecular flexibility index (Phi) is 3.80. The van der Waals surface area contributed by atoms with E-state index in [-0.39, 0.29) is 0 Å². The minimum absolute atomic E-state index is 0.293. The molecular weight excluding hydrogens is 323 g/mol. The first-order valence-electron chi connectivity index (χ1n) is 6.82. The lowest BCUT2D eigenvalue weighted by atomic mass is 10.0. The lowest BCUT2D eigenvalue weighted by Crippen LogP contribution is -2.17. The second-order valence-electron chi connectivity index (χ2n) is 4.99. The number of nitrogens with two attached hydrogens (primary N) is 1. The van der Waals surface area contributed by atoms with Crippen molar-refractivity contribution in [3.8, 4) is 33.9 Å². The van der Waals surface area contributed by atoms with Crippen LogP contribution >= 0.6 is 0 Å². The van der Waals surface area contributed by atoms with Crippen LogP contribution in [0.5, 0.6) is 11.5 Å². The van der Waals surface area contributed by atoms with Crippen LogP contribution in [0.1, 0.15) is 0 Å². The molecular formula is C16H12F3N3O2. The number of phenols is 1. The van der Waals surface area contributed by atoms with Crippen LogP contribution in [0, 0.1) is 0 Å². The van der Waals surface area contributed by atoms with Crippen LogP contribution in [-0.2, 0) is 0 Å². The highest BCUT2D eigenvalue weighted by molar-refractivity contribution is 5.71. The number of H-pyrrole nitrogens is 1. The Labute approximate surface area is 134 Å². The Morgan fingerprint density at radius 2 is 1.62 bits per heavy atom. The summed E-state index contributed by atoms with van der Waals surface area (Å²) < 4.78 is 40.8. The topological polar surface area (TPSA) is 84.2 Å². The second kappa shape index (κ2) is 5.80. The summed E-state index contributed by atoms with van der Waals surface area (Å²) in [6.07, 6.45) is -3.29. The van der Waals surface area contributed by atoms with Gasteiger partial charge in [-0.2, -0.15) is 0 Å². The van der Waals surface area contributed by atoms with Crippen molar-refractivity contribution in [1.29, 1.82) is 0 Å². The molecule has 4 N–H and O–H groups in total. The molecule has 3 rings (SSSR count). The lowest BCUT2D eigenvalue weighted by molar-refractivity contribution is -0.275. The number of hydrogen-bond acceptors (Lipinski definition) is 4. The van der Waals surface area contributed by atoms with Crippen molar-refractivity contribution in [3.05, 3.63) is 48.7 Å². The summed E-state index contributed by atoms with van der Waals surface area (Å²) in [4.78, 5) is 6.78. The molecule has 0 unspecified atom stereocenters. The predicted octanol–water partition coefficient (Wildman–Crippen LogP) is 3.93. The molecule has 3 aromatic rings. The first kappa shape index (κ1) is 15.7. The first-order chi connectivity index (χ1) is 11.3. The average Bonchev–Trinajstić information content (AvgIpc) is 2.95. The molecule has 0 bridgehead atoms. The third-order valence-electron chi connectivity index (χ3n) is 3.31. The average molecular weight is 335 g/mol. The first-order valence-corrected chi connectivity index (χ1v) is 6.82. The fraction of sp³-hybridized carbons (Fsp3) is 0.0625. The molecule has 0 aliphatic carbocycles. The molecule has 0 saturated heterocycles. The van der Waals surface area contributed by atoms with Gasteiger partial charge in [-0.15, -0.1) is 13.2 Å². The van der Waals surface area contributed by atoms with Crippen LogP contribution in [0.15, 0.2) is 48.7 Å². The van der Waals surface area contributed by atoms with Gasteiger partial charge in [0, 0.05) is 0 Å². The van der Waals surface area contributed by atoms with E-state index in [1.807, 2.05) is 0 Å². The van der Waals surface area contributed by atoms with Crippen LogP contribution in [-0.4, -0.2) is 21.4 Å². The zero-order chi connectivity index (χ0) is 17.3. The SMILES string of the molecule is Nc1ncc(-c2ccc(-c3ccc(O)c(OC(F)(F)F)c3)cc2)[nH]1. The Balaban J connectivity index is 1.90. The number of imidazole rings is 1. The number of hydrogen-bond donors (Lipinski definition) is 3. The minimum atomic E-state index is -4.87. The normalized spacial score (nSPS) is 11.5. The molecule has 0 saturated carbocycles. The number of rotatable bonds is 3. The van der Waals surface area contributed by atoms with Gasteiger partial charge < -0.3 is 20.6 Å². The summed E-state index contributed by atoms with van der Waals surface area (Å²) in [6, 6.07) is 10.8. The van der Waals surface area contributed by atoms with E-state index in [0.29, 0.717) is 17.1 Å². The minimum Gasteiger partial charge on any atom is -0.504 e. The van der Waals surface area contributed by atoms with E-state index in [0.717, 1.165) is 23.4 Å². The number of nitrogen functional groups attached to an aromatic ring is 1. The van der Waals surface area contributed by atoms with E-state index >= 15 is 0 Å². The zero-order valence-corrected chi connectivity index (χ0v) is 12.1. The largest absolute Gasteiger partial charge is 0.573 e. The highest BCUT2D eigenvalue weighted by atomic mass is 19.4. The third kappa shape index (κ3) is 3.43. The zero-order valence-electron chi connectivity index (χ0n) is 12.1. The van der Waals surface area contributed by atoms with E-state index in [4.69, 9.17) is 5.73 Å². The Morgan fingerprint density at radius 3 is 2.21 bits per heavy atom. The molecule has 0 aliphatic heterocycles. The van der Waals surface area contributed by atoms with Crippen LogP contribution in [0.2, 0.25) is 0 Å². The van der Waals surface area contributed by atoms with Crippen LogP contribution in [0.3, 0.4) is 0 Å². The van der Waals surface area contributed by atoms with Crippen LogP contribution in [0.25, 0.3) is 22.4 Å². The highest BCUT2D eigenvalue weighted by Gasteiger charge is 2.32. The number of nitrogens with zero attached hydrogens (tertiary/aromatic N) is 1. The molecule has 0 aliphatic rings. The van der Waals surface area contributed by atoms with E-state index in [9.17, 15) is 18.3 Å². The fourth-order valence-corrected chi connectivity index (χ4v) is 2.23. The van der Waals surface area contributed by atoms with Crippen molar-refractivity contribution in [2.75, 3.05) is 5.73 Å². The molecule has 0 amide bonds. The Hall–Kier alpha value is -3.16. The maximum Gasteiger partial charge on any atom is 0.573 e. The monoisotopic (exact) mass is 335 g/mol. The third-order valence-corrected chi connectivity index (χ3v) is 3.31. The van der Waals surface area contributed by atoms with Crippen molar-refractivity contribution < 1.29 is 23.0 Å². The van der Waals surface area contributed by atoms with E-state index in [2.05, 4.69) is 14.7 Å². The maximum absolute atomic E-state index is 12.3. The van der Waals surface area contributed by atoms with E-state index in [1.165, 1.54) is 6.07 Å². The molecule has 124 valence electrons. The molecule has 8 heteroatoms. The van der Waals surface area contributed by atoms with Gasteiger partial charge in [-0.25, -0.2) is 4.98 Å². The van der Waals surface area contributed by atoms with Gasteiger partial charge in [0.25, 0.3) is 0 Å². The van der Waals surface area contributed by atoms with Crippen LogP contribution < -0.4 is 10.5 Å². The summed E-state index contributed by atoms with van der Waals surface area (Å²) in [5, 5.41) is 9.49. The molecule has 24 heavy (non-hydrogen) atoms. The number of benzene rings is 2. The van der Waals surface area contributed by atoms with Gasteiger partial charge in [0.15, 0.2) is 17.4 Å². The molecule has 5 nitrogen and oxygen atoms in total. The number of anilines is 1. The molecule has 1 aromatic heterocycles. The van der Waals surface area contributed by atoms with Gasteiger partial charge in [0.05, 0.1) is 11.9 Å². The lowest BCUT2D eigenvalue weighted by Gasteiger charge is -2.12. The summed E-state index contributed by atoms with van der Waals surface area (Å²) in [5.41, 5.74) is 8.22. The van der Waals surface area contributed by atoms with Crippen molar-refractivity contribution >= 4 is 5.95 Å². The summed E-state index contributed by atoms with van der Waals surface area (Å²) in [7, 11) is 0. The number of halogens is 3. The number of aromatic nitrogens is 2. The number of aromatic amines is 1. The number of ether oxygens (including phenoxy) is 1. The fourth-order valence-electron chi connectivity index (χ4n) is 2.23. The molecule has 0 atom stereocenters. The van der Waals surface area contributed by atoms with E-state index in [1.54, 1.807) is 30.5 Å². The van der Waals surface area contributed by atoms with E-state index < -0.39 is 17.9 Å². The second-order valence-corrected chi connectivity index (χ2v) is 4.99. The highest BCUT2D eigenvalue weighted by Crippen LogP contribution is 2.35. The van der Waals surface area contributed by atoms with Crippen molar-refractivity contribution in [2.24, 2.45) is 0 Å². The van der Waals surface area contributed by atoms with Gasteiger partial charge in [-0.05, 0) is 28.8 Å². The van der Waals surface area contributed by atoms with Crippen LogP contribution in [0.4, 0.5) is 19.1 Å². The predicted molar refractivity (Wildman–Crippen MR) is 82.2 cm³/mol. The Bertz CT molecular complexity index is 858. The quantitative estimate of drug-likeness (QED) is 0.677. The number of nitrogens with one attached hydrogen (secondary N) is 1. The molecule has 0 fully saturated rings. The molecule has 1 heterocycles. The molecule has 0 radical (unpaired) electrons. The number of phenolic OH excluding ortho intramolecular Hbond substituents is 1. The standard InChI is InChI=1S/C16H12F3N3O2/c17-16(18,19)24-14-7-11(5-6-13(14)23)9-1-3-10(4-2-9)12-8-21-15(20)22-12/h1-8,23H,(H3,20,21,22). The van der Waals surface area contributed by atoms with Gasteiger partial charge >= 0.3 is 6.36 Å². The number of alkyl halides is 3. The van der Waals surface area contributed by atoms with Crippen molar-refractivity contribution in [1.82, 2.24) is 9.97 Å². The van der Waals surface area contributed by atoms with Crippen molar-refractivity contribution in [2.45, 2.75) is 6.36 Å². The van der Waals surface area contributed by atoms with Gasteiger partial charge in [0.2, 0.25) is 0 Å². The Morgan fingerprint density at radius 1 is 1.00 bits per heavy atom. The smallest absolute Gasteiger partial charge is 0.504 e. The van der Waals surface area contributed by atoms with Crippen molar-refractivity contribution in [3.63, 3.8) is 0 Å².